The van der Waals surface area contributed by atoms with E-state index in [9.17, 15) is 14.9 Å². The standard InChI is InChI=1S/C14H18N2O4S/c1-20-12-6-8-15(9-7-12)14(17)10-21-13-4-2-11(3-5-13)16(18)19/h2-5,12H,6-10H2,1H3. The number of rotatable bonds is 5. The van der Waals surface area contributed by atoms with Crippen LogP contribution in [0, 0.1) is 10.1 Å². The van der Waals surface area contributed by atoms with E-state index in [2.05, 4.69) is 0 Å². The Balaban J connectivity index is 1.80. The van der Waals surface area contributed by atoms with Crippen molar-refractivity contribution in [2.75, 3.05) is 26.0 Å². The highest BCUT2D eigenvalue weighted by Crippen LogP contribution is 2.22. The van der Waals surface area contributed by atoms with Crippen LogP contribution in [0.5, 0.6) is 0 Å². The minimum absolute atomic E-state index is 0.0623. The van der Waals surface area contributed by atoms with E-state index in [1.165, 1.54) is 23.9 Å². The van der Waals surface area contributed by atoms with E-state index in [0.717, 1.165) is 30.8 Å². The number of thioether (sulfide) groups is 1. The monoisotopic (exact) mass is 310 g/mol. The summed E-state index contributed by atoms with van der Waals surface area (Å²) < 4.78 is 5.28. The molecule has 1 aromatic carbocycles. The minimum atomic E-state index is -0.431. The van der Waals surface area contributed by atoms with Gasteiger partial charge in [-0.1, -0.05) is 0 Å². The summed E-state index contributed by atoms with van der Waals surface area (Å²) in [6.45, 7) is 1.47. The predicted octanol–water partition coefficient (Wildman–Crippen LogP) is 2.32. The van der Waals surface area contributed by atoms with Crippen molar-refractivity contribution >= 4 is 23.4 Å². The number of non-ortho nitro benzene ring substituents is 1. The van der Waals surface area contributed by atoms with Gasteiger partial charge in [0.15, 0.2) is 0 Å². The molecule has 2 rings (SSSR count). The first-order valence-electron chi connectivity index (χ1n) is 6.78. The summed E-state index contributed by atoms with van der Waals surface area (Å²) in [7, 11) is 1.70. The lowest BCUT2D eigenvalue weighted by Gasteiger charge is -2.31. The topological polar surface area (TPSA) is 72.7 Å². The number of amides is 1. The average Bonchev–Trinajstić information content (AvgIpc) is 2.53. The SMILES string of the molecule is COC1CCN(C(=O)CSc2ccc([N+](=O)[O-])cc2)CC1. The summed E-state index contributed by atoms with van der Waals surface area (Å²) in [5.41, 5.74) is 0.0623. The molecule has 6 nitrogen and oxygen atoms in total. The van der Waals surface area contributed by atoms with Crippen molar-refractivity contribution in [3.05, 3.63) is 34.4 Å². The van der Waals surface area contributed by atoms with Crippen molar-refractivity contribution in [1.29, 1.82) is 0 Å². The number of nitrogens with zero attached hydrogens (tertiary/aromatic N) is 2. The van der Waals surface area contributed by atoms with Gasteiger partial charge >= 0.3 is 0 Å². The van der Waals surface area contributed by atoms with Crippen molar-refractivity contribution in [2.45, 2.75) is 23.8 Å². The average molecular weight is 310 g/mol. The molecule has 7 heteroatoms. The van der Waals surface area contributed by atoms with Gasteiger partial charge in [0.2, 0.25) is 5.91 Å². The summed E-state index contributed by atoms with van der Waals surface area (Å²) >= 11 is 1.40. The lowest BCUT2D eigenvalue weighted by molar-refractivity contribution is -0.384. The first kappa shape index (κ1) is 15.8. The molecule has 1 aromatic rings. The second kappa shape index (κ2) is 7.42. The van der Waals surface area contributed by atoms with Gasteiger partial charge in [0, 0.05) is 37.2 Å². The first-order valence-corrected chi connectivity index (χ1v) is 7.76. The third kappa shape index (κ3) is 4.44. The molecule has 1 fully saturated rings. The van der Waals surface area contributed by atoms with Gasteiger partial charge in [-0.25, -0.2) is 0 Å². The number of nitro benzene ring substituents is 1. The van der Waals surface area contributed by atoms with Crippen LogP contribution < -0.4 is 0 Å². The third-order valence-electron chi connectivity index (χ3n) is 3.54. The van der Waals surface area contributed by atoms with Crippen LogP contribution in [0.4, 0.5) is 5.69 Å². The van der Waals surface area contributed by atoms with Gasteiger partial charge in [0.05, 0.1) is 16.8 Å². The molecule has 1 heterocycles. The van der Waals surface area contributed by atoms with Crippen molar-refractivity contribution in [2.24, 2.45) is 0 Å². The van der Waals surface area contributed by atoms with Crippen LogP contribution in [0.15, 0.2) is 29.2 Å². The van der Waals surface area contributed by atoms with Crippen LogP contribution in [-0.4, -0.2) is 47.8 Å². The summed E-state index contributed by atoms with van der Waals surface area (Å²) in [5, 5.41) is 10.6. The first-order chi connectivity index (χ1) is 10.1. The molecule has 114 valence electrons. The Kier molecular flexibility index (Phi) is 5.58. The zero-order valence-electron chi connectivity index (χ0n) is 11.9. The summed E-state index contributed by atoms with van der Waals surface area (Å²) in [4.78, 5) is 24.9. The predicted molar refractivity (Wildman–Crippen MR) is 80.4 cm³/mol. The molecule has 1 saturated heterocycles. The highest BCUT2D eigenvalue weighted by molar-refractivity contribution is 8.00. The van der Waals surface area contributed by atoms with Crippen LogP contribution in [0.3, 0.4) is 0 Å². The van der Waals surface area contributed by atoms with E-state index in [0.29, 0.717) is 5.75 Å². The number of hydrogen-bond acceptors (Lipinski definition) is 5. The quantitative estimate of drug-likeness (QED) is 0.474. The molecule has 0 N–H and O–H groups in total. The summed E-state index contributed by atoms with van der Waals surface area (Å²) in [6, 6.07) is 6.26. The molecule has 1 aliphatic rings. The van der Waals surface area contributed by atoms with Gasteiger partial charge in [0.25, 0.3) is 5.69 Å². The highest BCUT2D eigenvalue weighted by atomic mass is 32.2. The Morgan fingerprint density at radius 2 is 2.00 bits per heavy atom. The number of methoxy groups -OCH3 is 1. The lowest BCUT2D eigenvalue weighted by Crippen LogP contribution is -2.41. The minimum Gasteiger partial charge on any atom is -0.381 e. The molecule has 0 aromatic heterocycles. The number of likely N-dealkylation sites (tertiary alicyclic amines) is 1. The number of nitro groups is 1. The van der Waals surface area contributed by atoms with Crippen LogP contribution in [0.1, 0.15) is 12.8 Å². The van der Waals surface area contributed by atoms with Crippen LogP contribution in [0.25, 0.3) is 0 Å². The molecule has 0 unspecified atom stereocenters. The number of carbonyl (C=O) groups excluding carboxylic acids is 1. The highest BCUT2D eigenvalue weighted by Gasteiger charge is 2.22. The number of hydrogen-bond donors (Lipinski definition) is 0. The zero-order chi connectivity index (χ0) is 15.2. The molecule has 0 spiro atoms. The van der Waals surface area contributed by atoms with Crippen LogP contribution in [-0.2, 0) is 9.53 Å². The second-order valence-corrected chi connectivity index (χ2v) is 5.90. The van der Waals surface area contributed by atoms with E-state index in [-0.39, 0.29) is 17.7 Å². The van der Waals surface area contributed by atoms with E-state index >= 15 is 0 Å². The van der Waals surface area contributed by atoms with Crippen molar-refractivity contribution in [3.63, 3.8) is 0 Å². The maximum absolute atomic E-state index is 12.1. The largest absolute Gasteiger partial charge is 0.381 e. The van der Waals surface area contributed by atoms with Gasteiger partial charge in [-0.05, 0) is 25.0 Å². The molecule has 0 radical (unpaired) electrons. The Hall–Kier alpha value is -1.60. The van der Waals surface area contributed by atoms with Gasteiger partial charge in [-0.2, -0.15) is 0 Å². The Morgan fingerprint density at radius 3 is 2.52 bits per heavy atom. The van der Waals surface area contributed by atoms with Crippen LogP contribution in [0.2, 0.25) is 0 Å². The Morgan fingerprint density at radius 1 is 1.38 bits per heavy atom. The maximum Gasteiger partial charge on any atom is 0.269 e. The number of benzene rings is 1. The van der Waals surface area contributed by atoms with Gasteiger partial charge in [0.1, 0.15) is 0 Å². The fourth-order valence-electron chi connectivity index (χ4n) is 2.24. The van der Waals surface area contributed by atoms with Crippen molar-refractivity contribution in [3.8, 4) is 0 Å². The number of carbonyl (C=O) groups is 1. The van der Waals surface area contributed by atoms with Gasteiger partial charge in [-0.15, -0.1) is 11.8 Å². The Labute approximate surface area is 127 Å². The molecular formula is C14H18N2O4S. The van der Waals surface area contributed by atoms with Crippen LogP contribution >= 0.6 is 11.8 Å². The maximum atomic E-state index is 12.1. The molecule has 0 atom stereocenters. The Bertz CT molecular complexity index is 498. The normalized spacial score (nSPS) is 16.0. The molecule has 1 aliphatic heterocycles. The smallest absolute Gasteiger partial charge is 0.269 e. The third-order valence-corrected chi connectivity index (χ3v) is 4.53. The number of ether oxygens (including phenoxy) is 1. The van der Waals surface area contributed by atoms with Crippen molar-refractivity contribution < 1.29 is 14.5 Å². The van der Waals surface area contributed by atoms with Gasteiger partial charge in [-0.3, -0.25) is 14.9 Å². The molecule has 21 heavy (non-hydrogen) atoms. The van der Waals surface area contributed by atoms with E-state index in [4.69, 9.17) is 4.74 Å². The molecule has 1 amide bonds. The zero-order valence-corrected chi connectivity index (χ0v) is 12.7. The molecular weight excluding hydrogens is 292 g/mol. The lowest BCUT2D eigenvalue weighted by atomic mass is 10.1. The summed E-state index contributed by atoms with van der Waals surface area (Å²) in [6.07, 6.45) is 2.02. The fraction of sp³-hybridized carbons (Fsp3) is 0.500. The van der Waals surface area contributed by atoms with E-state index in [1.54, 1.807) is 19.2 Å². The fourth-order valence-corrected chi connectivity index (χ4v) is 3.04. The molecule has 0 bridgehead atoms. The van der Waals surface area contributed by atoms with E-state index in [1.807, 2.05) is 4.90 Å². The molecule has 0 saturated carbocycles. The molecule has 0 aliphatic carbocycles. The van der Waals surface area contributed by atoms with Crippen molar-refractivity contribution in [1.82, 2.24) is 4.90 Å². The van der Waals surface area contributed by atoms with E-state index < -0.39 is 4.92 Å². The second-order valence-electron chi connectivity index (χ2n) is 4.86. The summed E-state index contributed by atoms with van der Waals surface area (Å²) in [5.74, 6) is 0.461. The van der Waals surface area contributed by atoms with Gasteiger partial charge < -0.3 is 9.64 Å². The number of piperidine rings is 1.